The molecule has 4 rings (SSSR count). The molecule has 0 unspecified atom stereocenters. The van der Waals surface area contributed by atoms with Crippen molar-refractivity contribution < 1.29 is 19.2 Å². The van der Waals surface area contributed by atoms with E-state index < -0.39 is 4.92 Å². The second kappa shape index (κ2) is 8.18. The quantitative estimate of drug-likeness (QED) is 0.336. The standard InChI is InChI=1S/C21H15N3O5S/c1-28-18-5-3-2-4-16(18)20(25)22-13-6-9-15(10-7-13)29-21-23-17-11-8-14(24(26)27)12-19(17)30-21/h2-12H,1H3,(H,22,25). The van der Waals surface area contributed by atoms with Crippen molar-refractivity contribution >= 4 is 38.8 Å². The van der Waals surface area contributed by atoms with E-state index in [0.29, 0.717) is 38.2 Å². The Labute approximate surface area is 174 Å². The molecule has 4 aromatic rings. The number of benzene rings is 3. The highest BCUT2D eigenvalue weighted by Gasteiger charge is 2.13. The van der Waals surface area contributed by atoms with Crippen LogP contribution in [0, 0.1) is 10.1 Å². The number of methoxy groups -OCH3 is 1. The summed E-state index contributed by atoms with van der Waals surface area (Å²) in [6, 6.07) is 18.2. The van der Waals surface area contributed by atoms with Crippen molar-refractivity contribution in [1.82, 2.24) is 4.98 Å². The first-order chi connectivity index (χ1) is 14.5. The second-order valence-corrected chi connectivity index (χ2v) is 7.16. The van der Waals surface area contributed by atoms with Crippen LogP contribution >= 0.6 is 11.3 Å². The van der Waals surface area contributed by atoms with E-state index in [4.69, 9.17) is 9.47 Å². The Kier molecular flexibility index (Phi) is 5.27. The van der Waals surface area contributed by atoms with Crippen molar-refractivity contribution in [1.29, 1.82) is 0 Å². The Morgan fingerprint density at radius 1 is 1.10 bits per heavy atom. The normalized spacial score (nSPS) is 10.6. The maximum Gasteiger partial charge on any atom is 0.279 e. The summed E-state index contributed by atoms with van der Waals surface area (Å²) >= 11 is 1.22. The third-order valence-corrected chi connectivity index (χ3v) is 5.13. The van der Waals surface area contributed by atoms with Gasteiger partial charge in [0.15, 0.2) is 0 Å². The van der Waals surface area contributed by atoms with Crippen LogP contribution in [0.5, 0.6) is 16.7 Å². The van der Waals surface area contributed by atoms with Crippen molar-refractivity contribution in [2.24, 2.45) is 0 Å². The number of hydrogen-bond donors (Lipinski definition) is 1. The molecule has 0 radical (unpaired) electrons. The summed E-state index contributed by atoms with van der Waals surface area (Å²) in [5, 5.41) is 14.1. The van der Waals surface area contributed by atoms with Gasteiger partial charge in [-0.2, -0.15) is 0 Å². The van der Waals surface area contributed by atoms with Gasteiger partial charge in [-0.1, -0.05) is 23.5 Å². The van der Waals surface area contributed by atoms with Crippen molar-refractivity contribution in [3.8, 4) is 16.7 Å². The van der Waals surface area contributed by atoms with Crippen molar-refractivity contribution in [2.75, 3.05) is 12.4 Å². The van der Waals surface area contributed by atoms with E-state index >= 15 is 0 Å². The Balaban J connectivity index is 1.46. The highest BCUT2D eigenvalue weighted by Crippen LogP contribution is 2.33. The zero-order valence-corrected chi connectivity index (χ0v) is 16.5. The molecular formula is C21H15N3O5S. The fraction of sp³-hybridized carbons (Fsp3) is 0.0476. The third-order valence-electron chi connectivity index (χ3n) is 4.23. The average molecular weight is 421 g/mol. The number of thiazole rings is 1. The number of carbonyl (C=O) groups is 1. The van der Waals surface area contributed by atoms with Gasteiger partial charge in [0.2, 0.25) is 0 Å². The Morgan fingerprint density at radius 2 is 1.87 bits per heavy atom. The molecule has 0 fully saturated rings. The molecule has 9 heteroatoms. The molecule has 0 aliphatic rings. The molecule has 30 heavy (non-hydrogen) atoms. The molecule has 0 saturated heterocycles. The van der Waals surface area contributed by atoms with E-state index in [1.165, 1.54) is 30.6 Å². The number of ether oxygens (including phenoxy) is 2. The minimum atomic E-state index is -0.447. The number of rotatable bonds is 6. The maximum absolute atomic E-state index is 12.5. The van der Waals surface area contributed by atoms with E-state index in [1.54, 1.807) is 54.6 Å². The first-order valence-electron chi connectivity index (χ1n) is 8.81. The fourth-order valence-corrected chi connectivity index (χ4v) is 3.66. The molecule has 1 N–H and O–H groups in total. The number of non-ortho nitro benzene ring substituents is 1. The number of nitro benzene ring substituents is 1. The van der Waals surface area contributed by atoms with Gasteiger partial charge in [0, 0.05) is 17.8 Å². The van der Waals surface area contributed by atoms with Gasteiger partial charge in [-0.25, -0.2) is 4.98 Å². The molecule has 0 aliphatic carbocycles. The predicted molar refractivity (Wildman–Crippen MR) is 114 cm³/mol. The second-order valence-electron chi connectivity index (χ2n) is 6.17. The van der Waals surface area contributed by atoms with Crippen LogP contribution < -0.4 is 14.8 Å². The molecule has 0 saturated carbocycles. The van der Waals surface area contributed by atoms with Gasteiger partial charge in [0.1, 0.15) is 11.5 Å². The molecule has 1 heterocycles. The number of amides is 1. The maximum atomic E-state index is 12.5. The number of anilines is 1. The number of aromatic nitrogens is 1. The Morgan fingerprint density at radius 3 is 2.60 bits per heavy atom. The lowest BCUT2D eigenvalue weighted by Gasteiger charge is -2.09. The summed E-state index contributed by atoms with van der Waals surface area (Å²) < 4.78 is 11.6. The summed E-state index contributed by atoms with van der Waals surface area (Å²) in [6.45, 7) is 0. The van der Waals surface area contributed by atoms with Crippen LogP contribution in [0.4, 0.5) is 11.4 Å². The van der Waals surface area contributed by atoms with Gasteiger partial charge >= 0.3 is 0 Å². The lowest BCUT2D eigenvalue weighted by molar-refractivity contribution is -0.384. The van der Waals surface area contributed by atoms with E-state index in [2.05, 4.69) is 10.3 Å². The molecule has 0 aliphatic heterocycles. The van der Waals surface area contributed by atoms with Crippen LogP contribution in [0.3, 0.4) is 0 Å². The third kappa shape index (κ3) is 4.06. The molecular weight excluding hydrogens is 406 g/mol. The van der Waals surface area contributed by atoms with Crippen molar-refractivity contribution in [2.45, 2.75) is 0 Å². The van der Waals surface area contributed by atoms with Crippen LogP contribution in [0.25, 0.3) is 10.2 Å². The molecule has 3 aromatic carbocycles. The summed E-state index contributed by atoms with van der Waals surface area (Å²) in [5.74, 6) is 0.735. The molecule has 150 valence electrons. The van der Waals surface area contributed by atoms with E-state index in [1.807, 2.05) is 0 Å². The van der Waals surface area contributed by atoms with Crippen LogP contribution in [-0.4, -0.2) is 22.9 Å². The topological polar surface area (TPSA) is 104 Å². The summed E-state index contributed by atoms with van der Waals surface area (Å²) in [6.07, 6.45) is 0. The largest absolute Gasteiger partial charge is 0.496 e. The highest BCUT2D eigenvalue weighted by molar-refractivity contribution is 7.20. The van der Waals surface area contributed by atoms with Crippen molar-refractivity contribution in [3.05, 3.63) is 82.4 Å². The SMILES string of the molecule is COc1ccccc1C(=O)Nc1ccc(Oc2nc3ccc([N+](=O)[O-])cc3s2)cc1. The van der Waals surface area contributed by atoms with Gasteiger partial charge in [-0.15, -0.1) is 0 Å². The number of carbonyl (C=O) groups excluding carboxylic acids is 1. The minimum Gasteiger partial charge on any atom is -0.496 e. The molecule has 0 spiro atoms. The van der Waals surface area contributed by atoms with Crippen LogP contribution in [0.2, 0.25) is 0 Å². The molecule has 8 nitrogen and oxygen atoms in total. The summed E-state index contributed by atoms with van der Waals surface area (Å²) in [5.41, 5.74) is 1.66. The monoisotopic (exact) mass is 421 g/mol. The Bertz CT molecular complexity index is 1240. The summed E-state index contributed by atoms with van der Waals surface area (Å²) in [7, 11) is 1.51. The van der Waals surface area contributed by atoms with Crippen LogP contribution in [-0.2, 0) is 0 Å². The number of nitrogens with zero attached hydrogens (tertiary/aromatic N) is 2. The summed E-state index contributed by atoms with van der Waals surface area (Å²) in [4.78, 5) is 27.2. The number of fused-ring (bicyclic) bond motifs is 1. The van der Waals surface area contributed by atoms with E-state index in [-0.39, 0.29) is 11.6 Å². The zero-order valence-electron chi connectivity index (χ0n) is 15.7. The number of hydrogen-bond acceptors (Lipinski definition) is 7. The lowest BCUT2D eigenvalue weighted by atomic mass is 10.2. The molecule has 0 atom stereocenters. The van der Waals surface area contributed by atoms with Gasteiger partial charge in [-0.05, 0) is 42.5 Å². The van der Waals surface area contributed by atoms with Gasteiger partial charge in [0.25, 0.3) is 16.8 Å². The lowest BCUT2D eigenvalue weighted by Crippen LogP contribution is -2.12. The van der Waals surface area contributed by atoms with E-state index in [9.17, 15) is 14.9 Å². The zero-order chi connectivity index (χ0) is 21.1. The van der Waals surface area contributed by atoms with Gasteiger partial charge in [-0.3, -0.25) is 14.9 Å². The first kappa shape index (κ1) is 19.3. The van der Waals surface area contributed by atoms with E-state index in [0.717, 1.165) is 0 Å². The van der Waals surface area contributed by atoms with Crippen molar-refractivity contribution in [3.63, 3.8) is 0 Å². The van der Waals surface area contributed by atoms with Gasteiger partial charge < -0.3 is 14.8 Å². The number of nitro groups is 1. The molecule has 1 amide bonds. The Hall–Kier alpha value is -3.98. The smallest absolute Gasteiger partial charge is 0.279 e. The number of nitrogens with one attached hydrogen (secondary N) is 1. The molecule has 0 bridgehead atoms. The highest BCUT2D eigenvalue weighted by atomic mass is 32.1. The van der Waals surface area contributed by atoms with Crippen LogP contribution in [0.1, 0.15) is 10.4 Å². The van der Waals surface area contributed by atoms with Crippen LogP contribution in [0.15, 0.2) is 66.7 Å². The van der Waals surface area contributed by atoms with Gasteiger partial charge in [0.05, 0.1) is 27.8 Å². The first-order valence-corrected chi connectivity index (χ1v) is 9.62. The molecule has 1 aromatic heterocycles. The minimum absolute atomic E-state index is 0.00726. The fourth-order valence-electron chi connectivity index (χ4n) is 2.79. The average Bonchev–Trinajstić information content (AvgIpc) is 3.16. The predicted octanol–water partition coefficient (Wildman–Crippen LogP) is 5.26. The number of para-hydroxylation sites is 1.